The molecule has 0 aliphatic rings. The fourth-order valence-corrected chi connectivity index (χ4v) is 1.87. The summed E-state index contributed by atoms with van der Waals surface area (Å²) in [5, 5.41) is 4.66. The molecule has 6 nitrogen and oxygen atoms in total. The minimum Gasteiger partial charge on any atom is -0.336 e. The van der Waals surface area contributed by atoms with Crippen molar-refractivity contribution in [3.05, 3.63) is 58.3 Å². The van der Waals surface area contributed by atoms with Crippen LogP contribution in [0, 0.1) is 11.6 Å². The van der Waals surface area contributed by atoms with Crippen LogP contribution in [-0.2, 0) is 13.0 Å². The van der Waals surface area contributed by atoms with E-state index in [0.29, 0.717) is 12.1 Å². The van der Waals surface area contributed by atoms with E-state index in [1.807, 2.05) is 6.92 Å². The molecule has 1 heterocycles. The molecule has 1 aromatic heterocycles. The molecule has 2 N–H and O–H groups in total. The van der Waals surface area contributed by atoms with Crippen LogP contribution in [0.15, 0.2) is 35.4 Å². The number of carbonyl (C=O) groups excluding carboxylic acids is 1. The van der Waals surface area contributed by atoms with E-state index in [0.717, 1.165) is 18.2 Å². The highest BCUT2D eigenvalue weighted by molar-refractivity contribution is 5.89. The van der Waals surface area contributed by atoms with Gasteiger partial charge in [0.25, 0.3) is 5.56 Å². The summed E-state index contributed by atoms with van der Waals surface area (Å²) in [7, 11) is 0. The maximum atomic E-state index is 13.4. The van der Waals surface area contributed by atoms with Gasteiger partial charge in [-0.05, 0) is 18.6 Å². The summed E-state index contributed by atoms with van der Waals surface area (Å²) in [6.07, 6.45) is 2.07. The molecule has 2 aromatic rings. The molecular weight excluding hydrogens is 306 g/mol. The van der Waals surface area contributed by atoms with Crippen molar-refractivity contribution >= 4 is 11.7 Å². The number of carbonyl (C=O) groups is 1. The lowest BCUT2D eigenvalue weighted by molar-refractivity contribution is 0.251. The number of hydrogen-bond acceptors (Lipinski definition) is 3. The fraction of sp³-hybridized carbons (Fsp3) is 0.267. The third-order valence-corrected chi connectivity index (χ3v) is 3.11. The van der Waals surface area contributed by atoms with Crippen LogP contribution >= 0.6 is 0 Å². The number of benzene rings is 1. The van der Waals surface area contributed by atoms with E-state index >= 15 is 0 Å². The Morgan fingerprint density at radius 2 is 2.09 bits per heavy atom. The summed E-state index contributed by atoms with van der Waals surface area (Å²) in [6, 6.07) is 3.50. The van der Waals surface area contributed by atoms with Gasteiger partial charge in [-0.1, -0.05) is 6.92 Å². The van der Waals surface area contributed by atoms with Crippen molar-refractivity contribution in [2.45, 2.75) is 19.9 Å². The molecule has 1 aromatic carbocycles. The molecule has 0 atom stereocenters. The Kier molecular flexibility index (Phi) is 5.40. The highest BCUT2D eigenvalue weighted by Gasteiger charge is 2.08. The molecule has 122 valence electrons. The average molecular weight is 322 g/mol. The summed E-state index contributed by atoms with van der Waals surface area (Å²) in [5.41, 5.74) is 0.224. The number of nitrogens with zero attached hydrogens (tertiary/aromatic N) is 2. The Labute approximate surface area is 131 Å². The van der Waals surface area contributed by atoms with Crippen molar-refractivity contribution in [2.24, 2.45) is 0 Å². The second kappa shape index (κ2) is 7.48. The highest BCUT2D eigenvalue weighted by atomic mass is 19.1. The standard InChI is InChI=1S/C15H16F2N4O2/c1-2-11-8-14(22)21(9-19-11)6-5-18-15(23)20-13-7-10(16)3-4-12(13)17/h3-4,7-9H,2,5-6H2,1H3,(H2,18,20,23). The first-order chi connectivity index (χ1) is 11.0. The monoisotopic (exact) mass is 322 g/mol. The zero-order valence-electron chi connectivity index (χ0n) is 12.5. The molecule has 0 radical (unpaired) electrons. The number of halogens is 2. The number of amides is 2. The summed E-state index contributed by atoms with van der Waals surface area (Å²) < 4.78 is 27.7. The SMILES string of the molecule is CCc1cc(=O)n(CCNC(=O)Nc2cc(F)ccc2F)cn1. The number of hydrogen-bond donors (Lipinski definition) is 2. The Hall–Kier alpha value is -2.77. The van der Waals surface area contributed by atoms with E-state index in [2.05, 4.69) is 15.6 Å². The maximum absolute atomic E-state index is 13.4. The Morgan fingerprint density at radius 1 is 1.30 bits per heavy atom. The van der Waals surface area contributed by atoms with Crippen LogP contribution in [0.4, 0.5) is 19.3 Å². The molecule has 8 heteroatoms. The van der Waals surface area contributed by atoms with E-state index in [4.69, 9.17) is 0 Å². The summed E-state index contributed by atoms with van der Waals surface area (Å²) in [6.45, 7) is 2.24. The molecule has 23 heavy (non-hydrogen) atoms. The third kappa shape index (κ3) is 4.60. The zero-order valence-corrected chi connectivity index (χ0v) is 12.5. The summed E-state index contributed by atoms with van der Waals surface area (Å²) >= 11 is 0. The van der Waals surface area contributed by atoms with Crippen molar-refractivity contribution in [3.8, 4) is 0 Å². The second-order valence-electron chi connectivity index (χ2n) is 4.77. The van der Waals surface area contributed by atoms with Gasteiger partial charge in [0, 0.05) is 30.9 Å². The molecule has 0 aliphatic carbocycles. The lowest BCUT2D eigenvalue weighted by Crippen LogP contribution is -2.34. The van der Waals surface area contributed by atoms with Gasteiger partial charge >= 0.3 is 6.03 Å². The summed E-state index contributed by atoms with van der Waals surface area (Å²) in [5.74, 6) is -1.40. The van der Waals surface area contributed by atoms with Gasteiger partial charge in [-0.25, -0.2) is 18.6 Å². The lowest BCUT2D eigenvalue weighted by Gasteiger charge is -2.09. The van der Waals surface area contributed by atoms with Gasteiger partial charge in [-0.2, -0.15) is 0 Å². The van der Waals surface area contributed by atoms with Crippen LogP contribution in [0.3, 0.4) is 0 Å². The van der Waals surface area contributed by atoms with E-state index in [1.54, 1.807) is 0 Å². The van der Waals surface area contributed by atoms with Gasteiger partial charge in [-0.15, -0.1) is 0 Å². The van der Waals surface area contributed by atoms with E-state index < -0.39 is 17.7 Å². The quantitative estimate of drug-likeness (QED) is 0.883. The molecule has 0 bridgehead atoms. The van der Waals surface area contributed by atoms with Crippen LogP contribution in [0.2, 0.25) is 0 Å². The molecule has 2 rings (SSSR count). The Bertz CT molecular complexity index is 761. The van der Waals surface area contributed by atoms with Crippen molar-refractivity contribution in [2.75, 3.05) is 11.9 Å². The van der Waals surface area contributed by atoms with Gasteiger partial charge in [0.2, 0.25) is 0 Å². The van der Waals surface area contributed by atoms with Crippen LogP contribution in [0.1, 0.15) is 12.6 Å². The first-order valence-corrected chi connectivity index (χ1v) is 7.05. The Morgan fingerprint density at radius 3 is 2.78 bits per heavy atom. The van der Waals surface area contributed by atoms with E-state index in [9.17, 15) is 18.4 Å². The first kappa shape index (κ1) is 16.6. The number of rotatable bonds is 5. The van der Waals surface area contributed by atoms with Crippen LogP contribution in [-0.4, -0.2) is 22.1 Å². The molecular formula is C15H16F2N4O2. The van der Waals surface area contributed by atoms with Gasteiger partial charge in [-0.3, -0.25) is 9.36 Å². The average Bonchev–Trinajstić information content (AvgIpc) is 2.52. The molecule has 0 aliphatic heterocycles. The number of aryl methyl sites for hydroxylation is 1. The fourth-order valence-electron chi connectivity index (χ4n) is 1.87. The zero-order chi connectivity index (χ0) is 16.8. The third-order valence-electron chi connectivity index (χ3n) is 3.11. The van der Waals surface area contributed by atoms with Gasteiger partial charge in [0.1, 0.15) is 11.6 Å². The molecule has 2 amide bonds. The van der Waals surface area contributed by atoms with Crippen molar-refractivity contribution < 1.29 is 13.6 Å². The first-order valence-electron chi connectivity index (χ1n) is 7.05. The van der Waals surface area contributed by atoms with E-state index in [-0.39, 0.29) is 24.3 Å². The molecule has 0 saturated heterocycles. The lowest BCUT2D eigenvalue weighted by atomic mass is 10.3. The number of anilines is 1. The smallest absolute Gasteiger partial charge is 0.319 e. The van der Waals surface area contributed by atoms with Gasteiger partial charge < -0.3 is 10.6 Å². The van der Waals surface area contributed by atoms with Gasteiger partial charge in [0.15, 0.2) is 0 Å². The Balaban J connectivity index is 1.87. The highest BCUT2D eigenvalue weighted by Crippen LogP contribution is 2.14. The topological polar surface area (TPSA) is 76.0 Å². The van der Waals surface area contributed by atoms with Crippen molar-refractivity contribution in [1.29, 1.82) is 0 Å². The largest absolute Gasteiger partial charge is 0.336 e. The molecule has 0 unspecified atom stereocenters. The second-order valence-corrected chi connectivity index (χ2v) is 4.77. The van der Waals surface area contributed by atoms with Crippen LogP contribution in [0.5, 0.6) is 0 Å². The predicted octanol–water partition coefficient (Wildman–Crippen LogP) is 1.91. The van der Waals surface area contributed by atoms with Crippen LogP contribution < -0.4 is 16.2 Å². The number of urea groups is 1. The van der Waals surface area contributed by atoms with E-state index in [1.165, 1.54) is 17.0 Å². The van der Waals surface area contributed by atoms with Crippen molar-refractivity contribution in [1.82, 2.24) is 14.9 Å². The van der Waals surface area contributed by atoms with Gasteiger partial charge in [0.05, 0.1) is 12.0 Å². The molecule has 0 saturated carbocycles. The number of nitrogens with one attached hydrogen (secondary N) is 2. The maximum Gasteiger partial charge on any atom is 0.319 e. The predicted molar refractivity (Wildman–Crippen MR) is 81.3 cm³/mol. The minimum atomic E-state index is -0.739. The molecule has 0 fully saturated rings. The minimum absolute atomic E-state index is 0.135. The van der Waals surface area contributed by atoms with Crippen molar-refractivity contribution in [3.63, 3.8) is 0 Å². The normalized spacial score (nSPS) is 10.4. The van der Waals surface area contributed by atoms with Crippen LogP contribution in [0.25, 0.3) is 0 Å². The summed E-state index contributed by atoms with van der Waals surface area (Å²) in [4.78, 5) is 27.5. The molecule has 0 spiro atoms. The number of aromatic nitrogens is 2.